The van der Waals surface area contributed by atoms with E-state index in [1.807, 2.05) is 30.3 Å². The molecule has 0 radical (unpaired) electrons. The summed E-state index contributed by atoms with van der Waals surface area (Å²) in [6.07, 6.45) is 3.23. The van der Waals surface area contributed by atoms with Crippen molar-refractivity contribution >= 4 is 17.7 Å². The highest BCUT2D eigenvalue weighted by atomic mass is 32.2. The first-order chi connectivity index (χ1) is 10.1. The second-order valence-corrected chi connectivity index (χ2v) is 7.30. The van der Waals surface area contributed by atoms with E-state index >= 15 is 0 Å². The number of carboxylic acid groups (broad SMARTS) is 1. The fraction of sp³-hybridized carbons (Fsp3) is 0.500. The summed E-state index contributed by atoms with van der Waals surface area (Å²) in [6, 6.07) is 12.0. The van der Waals surface area contributed by atoms with Crippen LogP contribution in [0.3, 0.4) is 0 Å². The first-order valence-corrected chi connectivity index (χ1v) is 8.19. The van der Waals surface area contributed by atoms with E-state index in [1.54, 1.807) is 11.8 Å². The lowest BCUT2D eigenvalue weighted by atomic mass is 9.69. The number of aliphatic carboxylic acids is 1. The van der Waals surface area contributed by atoms with Gasteiger partial charge in [-0.1, -0.05) is 30.3 Å². The SMILES string of the molecule is N#CC1(c2ccccc2)CCC2(CC1)N[C@@H](C(=O)O)CS2. The van der Waals surface area contributed by atoms with Crippen molar-refractivity contribution in [2.24, 2.45) is 0 Å². The Bertz CT molecular complexity index is 574. The molecule has 0 unspecified atom stereocenters. The second-order valence-electron chi connectivity index (χ2n) is 5.90. The van der Waals surface area contributed by atoms with E-state index in [1.165, 1.54) is 0 Å². The Morgan fingerprint density at radius 3 is 2.48 bits per heavy atom. The van der Waals surface area contributed by atoms with Gasteiger partial charge in [0.1, 0.15) is 6.04 Å². The third kappa shape index (κ3) is 2.54. The Labute approximate surface area is 128 Å². The third-order valence-electron chi connectivity index (χ3n) is 4.71. The molecule has 1 aromatic carbocycles. The predicted octanol–water partition coefficient (Wildman–Crippen LogP) is 2.51. The summed E-state index contributed by atoms with van der Waals surface area (Å²) >= 11 is 1.71. The summed E-state index contributed by atoms with van der Waals surface area (Å²) in [6.45, 7) is 0. The number of carboxylic acids is 1. The normalized spacial score (nSPS) is 35.5. The zero-order chi connectivity index (χ0) is 14.9. The third-order valence-corrected chi connectivity index (χ3v) is 6.29. The fourth-order valence-corrected chi connectivity index (χ4v) is 4.80. The van der Waals surface area contributed by atoms with Crippen molar-refractivity contribution in [2.75, 3.05) is 5.75 Å². The molecule has 110 valence electrons. The van der Waals surface area contributed by atoms with E-state index in [4.69, 9.17) is 5.11 Å². The van der Waals surface area contributed by atoms with Gasteiger partial charge in [0.25, 0.3) is 0 Å². The van der Waals surface area contributed by atoms with Crippen molar-refractivity contribution in [2.45, 2.75) is 42.0 Å². The minimum absolute atomic E-state index is 0.155. The molecule has 4 nitrogen and oxygen atoms in total. The standard InChI is InChI=1S/C16H18N2O2S/c17-11-15(12-4-2-1-3-5-12)6-8-16(9-7-15)18-13(10-21-16)14(19)20/h1-5,13,18H,6-10H2,(H,19,20)/t13-,15?,16?/m1/s1. The van der Waals surface area contributed by atoms with Gasteiger partial charge in [-0.05, 0) is 31.2 Å². The minimum atomic E-state index is -0.778. The van der Waals surface area contributed by atoms with E-state index < -0.39 is 17.4 Å². The molecule has 21 heavy (non-hydrogen) atoms. The lowest BCUT2D eigenvalue weighted by molar-refractivity contribution is -0.139. The number of benzene rings is 1. The molecule has 0 amide bonds. The Balaban J connectivity index is 1.76. The van der Waals surface area contributed by atoms with Gasteiger partial charge in [0.05, 0.1) is 16.4 Å². The van der Waals surface area contributed by atoms with Crippen molar-refractivity contribution in [1.82, 2.24) is 5.32 Å². The van der Waals surface area contributed by atoms with Gasteiger partial charge in [-0.25, -0.2) is 0 Å². The Kier molecular flexibility index (Phi) is 3.68. The molecule has 1 atom stereocenters. The number of hydrogen-bond donors (Lipinski definition) is 2. The second kappa shape index (κ2) is 5.36. The van der Waals surface area contributed by atoms with Gasteiger partial charge in [-0.15, -0.1) is 11.8 Å². The van der Waals surface area contributed by atoms with E-state index in [0.29, 0.717) is 5.75 Å². The number of nitriles is 1. The fourth-order valence-electron chi connectivity index (χ4n) is 3.37. The molecule has 5 heteroatoms. The molecule has 1 saturated carbocycles. The molecule has 1 aromatic rings. The van der Waals surface area contributed by atoms with Crippen LogP contribution in [0, 0.1) is 11.3 Å². The summed E-state index contributed by atoms with van der Waals surface area (Å²) in [5.74, 6) is -0.167. The van der Waals surface area contributed by atoms with Crippen molar-refractivity contribution in [3.8, 4) is 6.07 Å². The van der Waals surface area contributed by atoms with Crippen LogP contribution in [0.15, 0.2) is 30.3 Å². The molecule has 0 aromatic heterocycles. The van der Waals surface area contributed by atoms with Crippen LogP contribution in [-0.4, -0.2) is 27.7 Å². The van der Waals surface area contributed by atoms with E-state index in [-0.39, 0.29) is 4.87 Å². The van der Waals surface area contributed by atoms with Gasteiger partial charge in [-0.2, -0.15) is 5.26 Å². The first-order valence-electron chi connectivity index (χ1n) is 7.20. The molecule has 2 fully saturated rings. The van der Waals surface area contributed by atoms with Crippen LogP contribution in [0.1, 0.15) is 31.2 Å². The highest BCUT2D eigenvalue weighted by Gasteiger charge is 2.48. The van der Waals surface area contributed by atoms with Crippen molar-refractivity contribution in [3.05, 3.63) is 35.9 Å². The molecule has 1 spiro atoms. The van der Waals surface area contributed by atoms with Gasteiger partial charge < -0.3 is 5.11 Å². The van der Waals surface area contributed by atoms with Crippen LogP contribution in [-0.2, 0) is 10.2 Å². The molecule has 1 saturated heterocycles. The highest BCUT2D eigenvalue weighted by Crippen LogP contribution is 2.49. The van der Waals surface area contributed by atoms with Crippen molar-refractivity contribution < 1.29 is 9.90 Å². The van der Waals surface area contributed by atoms with Gasteiger partial charge in [0.15, 0.2) is 0 Å². The Morgan fingerprint density at radius 2 is 1.95 bits per heavy atom. The summed E-state index contributed by atoms with van der Waals surface area (Å²) < 4.78 is 0. The van der Waals surface area contributed by atoms with Crippen LogP contribution in [0.5, 0.6) is 0 Å². The molecular formula is C16H18N2O2S. The largest absolute Gasteiger partial charge is 0.480 e. The van der Waals surface area contributed by atoms with E-state index in [0.717, 1.165) is 31.2 Å². The lowest BCUT2D eigenvalue weighted by Crippen LogP contribution is -2.49. The molecule has 2 aliphatic rings. The zero-order valence-corrected chi connectivity index (χ0v) is 12.5. The number of hydrogen-bond acceptors (Lipinski definition) is 4. The summed E-state index contributed by atoms with van der Waals surface area (Å²) in [5.41, 5.74) is 0.663. The minimum Gasteiger partial charge on any atom is -0.480 e. The van der Waals surface area contributed by atoms with Crippen LogP contribution in [0.2, 0.25) is 0 Å². The first kappa shape index (κ1) is 14.4. The zero-order valence-electron chi connectivity index (χ0n) is 11.7. The van der Waals surface area contributed by atoms with E-state index in [2.05, 4.69) is 11.4 Å². The maximum atomic E-state index is 11.1. The molecule has 1 heterocycles. The number of nitrogens with zero attached hydrogens (tertiary/aromatic N) is 1. The van der Waals surface area contributed by atoms with Gasteiger partial charge >= 0.3 is 5.97 Å². The van der Waals surface area contributed by atoms with Gasteiger partial charge in [0, 0.05) is 5.75 Å². The number of thioether (sulfide) groups is 1. The molecule has 3 rings (SSSR count). The predicted molar refractivity (Wildman–Crippen MR) is 81.9 cm³/mol. The smallest absolute Gasteiger partial charge is 0.321 e. The molecule has 1 aliphatic carbocycles. The number of nitrogens with one attached hydrogen (secondary N) is 1. The lowest BCUT2D eigenvalue weighted by Gasteiger charge is -2.41. The highest BCUT2D eigenvalue weighted by molar-refractivity contribution is 8.00. The number of rotatable bonds is 2. The molecule has 2 N–H and O–H groups in total. The Morgan fingerprint density at radius 1 is 1.29 bits per heavy atom. The monoisotopic (exact) mass is 302 g/mol. The molecular weight excluding hydrogens is 284 g/mol. The van der Waals surface area contributed by atoms with Gasteiger partial charge in [0.2, 0.25) is 0 Å². The maximum Gasteiger partial charge on any atom is 0.321 e. The summed E-state index contributed by atoms with van der Waals surface area (Å²) in [5, 5.41) is 22.1. The molecule has 1 aliphatic heterocycles. The van der Waals surface area contributed by atoms with Crippen LogP contribution in [0.4, 0.5) is 0 Å². The topological polar surface area (TPSA) is 73.1 Å². The number of carbonyl (C=O) groups is 1. The van der Waals surface area contributed by atoms with Gasteiger partial charge in [-0.3, -0.25) is 10.1 Å². The van der Waals surface area contributed by atoms with Crippen LogP contribution in [0.25, 0.3) is 0 Å². The van der Waals surface area contributed by atoms with E-state index in [9.17, 15) is 10.1 Å². The van der Waals surface area contributed by atoms with Crippen molar-refractivity contribution in [3.63, 3.8) is 0 Å². The summed E-state index contributed by atoms with van der Waals surface area (Å²) in [7, 11) is 0. The van der Waals surface area contributed by atoms with Crippen LogP contribution >= 0.6 is 11.8 Å². The summed E-state index contributed by atoms with van der Waals surface area (Å²) in [4.78, 5) is 10.9. The molecule has 0 bridgehead atoms. The quantitative estimate of drug-likeness (QED) is 0.878. The average Bonchev–Trinajstić information content (AvgIpc) is 2.94. The van der Waals surface area contributed by atoms with Crippen LogP contribution < -0.4 is 5.32 Å². The average molecular weight is 302 g/mol. The van der Waals surface area contributed by atoms with Crippen molar-refractivity contribution in [1.29, 1.82) is 5.26 Å². The Hall–Kier alpha value is -1.51. The maximum absolute atomic E-state index is 11.1.